The van der Waals surface area contributed by atoms with E-state index in [0.29, 0.717) is 11.4 Å². The maximum atomic E-state index is 10.1. The largest absolute Gasteiger partial charge is 0.284 e. The van der Waals surface area contributed by atoms with Crippen LogP contribution in [0.15, 0.2) is 16.8 Å². The van der Waals surface area contributed by atoms with Crippen molar-refractivity contribution >= 4 is 23.4 Å². The van der Waals surface area contributed by atoms with Crippen molar-refractivity contribution in [3.63, 3.8) is 0 Å². The summed E-state index contributed by atoms with van der Waals surface area (Å²) in [6, 6.07) is 0. The van der Waals surface area contributed by atoms with Crippen molar-refractivity contribution < 1.29 is 4.92 Å². The molecule has 1 aliphatic heterocycles. The zero-order valence-electron chi connectivity index (χ0n) is 4.98. The molecule has 1 heterocycles. The first-order chi connectivity index (χ1) is 4.70. The third kappa shape index (κ3) is 1.44. The van der Waals surface area contributed by atoms with Crippen LogP contribution in [0.2, 0.25) is 0 Å². The topological polar surface area (TPSA) is 55.5 Å². The number of dihydropyridines is 1. The fourth-order valence-electron chi connectivity index (χ4n) is 0.557. The number of hydrogen-bond acceptors (Lipinski definition) is 3. The lowest BCUT2D eigenvalue weighted by molar-refractivity contribution is -0.414. The van der Waals surface area contributed by atoms with E-state index in [1.165, 1.54) is 12.3 Å². The second-order valence-electron chi connectivity index (χ2n) is 1.74. The lowest BCUT2D eigenvalue weighted by atomic mass is 10.3. The minimum atomic E-state index is -0.481. The average molecular weight is 156 g/mol. The summed E-state index contributed by atoms with van der Waals surface area (Å²) in [5.74, 6) is 0. The molecule has 0 aliphatic carbocycles. The van der Waals surface area contributed by atoms with Crippen molar-refractivity contribution in [2.45, 2.75) is 6.42 Å². The van der Waals surface area contributed by atoms with Crippen molar-refractivity contribution in [2.24, 2.45) is 4.99 Å². The smallest absolute Gasteiger partial charge is 0.258 e. The van der Waals surface area contributed by atoms with Crippen LogP contribution in [0.4, 0.5) is 0 Å². The van der Waals surface area contributed by atoms with Crippen molar-refractivity contribution in [2.75, 3.05) is 0 Å². The van der Waals surface area contributed by atoms with Gasteiger partial charge in [-0.05, 0) is 0 Å². The molecule has 5 heteroatoms. The van der Waals surface area contributed by atoms with Gasteiger partial charge in [-0.2, -0.15) is 0 Å². The fraction of sp³-hybridized carbons (Fsp3) is 0.200. The molecule has 10 heavy (non-hydrogen) atoms. The van der Waals surface area contributed by atoms with Crippen molar-refractivity contribution in [3.05, 3.63) is 21.9 Å². The van der Waals surface area contributed by atoms with Gasteiger partial charge < -0.3 is 0 Å². The first-order valence-electron chi connectivity index (χ1n) is 2.61. The van der Waals surface area contributed by atoms with Gasteiger partial charge in [-0.3, -0.25) is 10.1 Å². The Bertz CT molecular complexity index is 244. The molecule has 0 saturated heterocycles. The number of nitro groups is 1. The Hall–Kier alpha value is -1.10. The van der Waals surface area contributed by atoms with Gasteiger partial charge in [0, 0.05) is 12.5 Å². The maximum Gasteiger partial charge on any atom is 0.284 e. The van der Waals surface area contributed by atoms with Gasteiger partial charge in [0.2, 0.25) is 0 Å². The molecule has 0 spiro atoms. The number of aliphatic imine (C=N–C) groups is 1. The molecule has 0 saturated carbocycles. The van der Waals surface area contributed by atoms with E-state index >= 15 is 0 Å². The standard InChI is InChI=1S/C5H4N2O2S/c8-7(9)4-1-2-5(10)6-3-4/h1,3H,2H2. The van der Waals surface area contributed by atoms with E-state index in [0.717, 1.165) is 0 Å². The minimum absolute atomic E-state index is 0.0219. The maximum absolute atomic E-state index is 10.1. The molecule has 0 N–H and O–H groups in total. The molecular weight excluding hydrogens is 152 g/mol. The summed E-state index contributed by atoms with van der Waals surface area (Å²) in [6.07, 6.45) is 3.03. The van der Waals surface area contributed by atoms with Gasteiger partial charge in [-0.25, -0.2) is 4.99 Å². The SMILES string of the molecule is O=[N+]([O-])C1=CCC(=S)N=C1. The Kier molecular flexibility index (Phi) is 1.86. The average Bonchev–Trinajstić information content (AvgIpc) is 1.88. The number of allylic oxidation sites excluding steroid dienone is 1. The van der Waals surface area contributed by atoms with Gasteiger partial charge in [0.1, 0.15) is 11.2 Å². The van der Waals surface area contributed by atoms with E-state index < -0.39 is 4.92 Å². The normalized spacial score (nSPS) is 16.8. The predicted molar refractivity (Wildman–Crippen MR) is 40.8 cm³/mol. The van der Waals surface area contributed by atoms with Crippen LogP contribution in [-0.2, 0) is 0 Å². The van der Waals surface area contributed by atoms with E-state index in [-0.39, 0.29) is 5.70 Å². The highest BCUT2D eigenvalue weighted by atomic mass is 32.1. The number of hydrogen-bond donors (Lipinski definition) is 0. The number of nitrogens with zero attached hydrogens (tertiary/aromatic N) is 2. The van der Waals surface area contributed by atoms with Crippen LogP contribution in [0.5, 0.6) is 0 Å². The lowest BCUT2D eigenvalue weighted by Gasteiger charge is -1.97. The molecule has 0 bridgehead atoms. The molecule has 52 valence electrons. The van der Waals surface area contributed by atoms with E-state index in [1.54, 1.807) is 0 Å². The Morgan fingerprint density at radius 2 is 2.50 bits per heavy atom. The summed E-state index contributed by atoms with van der Waals surface area (Å²) in [5.41, 5.74) is 0.0219. The minimum Gasteiger partial charge on any atom is -0.258 e. The van der Waals surface area contributed by atoms with E-state index in [1.807, 2.05) is 0 Å². The zero-order valence-corrected chi connectivity index (χ0v) is 5.80. The predicted octanol–water partition coefficient (Wildman–Crippen LogP) is 0.949. The van der Waals surface area contributed by atoms with Gasteiger partial charge in [0.15, 0.2) is 0 Å². The number of rotatable bonds is 1. The molecule has 1 aliphatic rings. The monoisotopic (exact) mass is 156 g/mol. The summed E-state index contributed by atoms with van der Waals surface area (Å²) >= 11 is 4.68. The first kappa shape index (κ1) is 7.01. The summed E-state index contributed by atoms with van der Waals surface area (Å²) in [5, 5.41) is 10.1. The summed E-state index contributed by atoms with van der Waals surface area (Å²) in [4.78, 5) is 13.7. The van der Waals surface area contributed by atoms with Gasteiger partial charge in [-0.15, -0.1) is 0 Å². The van der Waals surface area contributed by atoms with E-state index in [4.69, 9.17) is 0 Å². The van der Waals surface area contributed by atoms with Gasteiger partial charge in [0.25, 0.3) is 5.70 Å². The molecule has 0 radical (unpaired) electrons. The molecule has 0 aromatic rings. The molecule has 0 aromatic carbocycles. The molecule has 0 aromatic heterocycles. The third-order valence-corrected chi connectivity index (χ3v) is 1.31. The van der Waals surface area contributed by atoms with Crippen LogP contribution in [0.25, 0.3) is 0 Å². The molecule has 4 nitrogen and oxygen atoms in total. The number of thiocarbonyl (C=S) groups is 1. The molecule has 0 fully saturated rings. The highest BCUT2D eigenvalue weighted by Crippen LogP contribution is 2.03. The molecular formula is C5H4N2O2S. The summed E-state index contributed by atoms with van der Waals surface area (Å²) in [6.45, 7) is 0. The van der Waals surface area contributed by atoms with Gasteiger partial charge in [-0.1, -0.05) is 12.2 Å². The molecule has 0 amide bonds. The summed E-state index contributed by atoms with van der Waals surface area (Å²) < 4.78 is 0. The van der Waals surface area contributed by atoms with E-state index in [9.17, 15) is 10.1 Å². The second-order valence-corrected chi connectivity index (χ2v) is 2.21. The lowest BCUT2D eigenvalue weighted by Crippen LogP contribution is -2.06. The van der Waals surface area contributed by atoms with Gasteiger partial charge in [0.05, 0.1) is 4.92 Å². The Labute approximate surface area is 62.4 Å². The molecule has 0 unspecified atom stereocenters. The van der Waals surface area contributed by atoms with Crippen LogP contribution >= 0.6 is 12.2 Å². The first-order valence-corrected chi connectivity index (χ1v) is 3.02. The molecule has 0 atom stereocenters. The Balaban J connectivity index is 2.77. The molecule has 1 rings (SSSR count). The highest BCUT2D eigenvalue weighted by Gasteiger charge is 2.10. The zero-order chi connectivity index (χ0) is 7.56. The van der Waals surface area contributed by atoms with Crippen molar-refractivity contribution in [1.29, 1.82) is 0 Å². The van der Waals surface area contributed by atoms with Gasteiger partial charge >= 0.3 is 0 Å². The van der Waals surface area contributed by atoms with Crippen LogP contribution in [0.1, 0.15) is 6.42 Å². The van der Waals surface area contributed by atoms with Crippen LogP contribution in [0.3, 0.4) is 0 Å². The van der Waals surface area contributed by atoms with Crippen molar-refractivity contribution in [1.82, 2.24) is 0 Å². The van der Waals surface area contributed by atoms with Crippen molar-refractivity contribution in [3.8, 4) is 0 Å². The highest BCUT2D eigenvalue weighted by molar-refractivity contribution is 7.80. The third-order valence-electron chi connectivity index (χ3n) is 1.04. The summed E-state index contributed by atoms with van der Waals surface area (Å²) in [7, 11) is 0. The van der Waals surface area contributed by atoms with E-state index in [2.05, 4.69) is 17.2 Å². The van der Waals surface area contributed by atoms with Crippen LogP contribution < -0.4 is 0 Å². The Morgan fingerprint density at radius 3 is 2.90 bits per heavy atom. The van der Waals surface area contributed by atoms with Crippen LogP contribution in [-0.4, -0.2) is 16.1 Å². The Morgan fingerprint density at radius 1 is 1.80 bits per heavy atom. The fourth-order valence-corrected chi connectivity index (χ4v) is 0.693. The van der Waals surface area contributed by atoms with Crippen LogP contribution in [0, 0.1) is 10.1 Å². The second kappa shape index (κ2) is 2.66. The quantitative estimate of drug-likeness (QED) is 0.322.